The van der Waals surface area contributed by atoms with Crippen LogP contribution in [0.25, 0.3) is 0 Å². The molecular weight excluding hydrogens is 857 g/mol. The topological polar surface area (TPSA) is 71.0 Å². The van der Waals surface area contributed by atoms with Gasteiger partial charge in [0.15, 0.2) is 0 Å². The molecule has 0 fully saturated rings. The van der Waals surface area contributed by atoms with E-state index < -0.39 is 0 Å². The van der Waals surface area contributed by atoms with Crippen molar-refractivity contribution in [2.75, 3.05) is 34.5 Å². The Balaban J connectivity index is 0.000000174. The van der Waals surface area contributed by atoms with Crippen LogP contribution in [0.1, 0.15) is 215 Å². The SMILES string of the molecule is CCc1cc2c(cc1C)C(C)C(C)C(C)(C)N2.CCc1cc2c(cc1C)C(C)C(C)C(C)(C)N2C.CCc1cc2c(cc1C)C(C)C(O)C(C)(C)N2.CCc1cc2c(cc1C)C(C)C(O)C(C)(C)N2C. The predicted octanol–water partition coefficient (Wildman–Crippen LogP) is 15.5. The summed E-state index contributed by atoms with van der Waals surface area (Å²) < 4.78 is 0. The maximum Gasteiger partial charge on any atom is 0.0832 e. The lowest BCUT2D eigenvalue weighted by atomic mass is 9.71. The van der Waals surface area contributed by atoms with Crippen molar-refractivity contribution < 1.29 is 10.2 Å². The lowest BCUT2D eigenvalue weighted by Gasteiger charge is -2.50. The quantitative estimate of drug-likeness (QED) is 0.163. The van der Waals surface area contributed by atoms with Crippen LogP contribution in [0, 0.1) is 39.5 Å². The van der Waals surface area contributed by atoms with Crippen LogP contribution < -0.4 is 20.4 Å². The summed E-state index contributed by atoms with van der Waals surface area (Å²) in [7, 11) is 4.33. The van der Waals surface area contributed by atoms with E-state index in [1.54, 1.807) is 0 Å². The van der Waals surface area contributed by atoms with Gasteiger partial charge in [-0.15, -0.1) is 0 Å². The number of benzene rings is 4. The fourth-order valence-electron chi connectivity index (χ4n) is 12.2. The van der Waals surface area contributed by atoms with E-state index in [-0.39, 0.29) is 46.2 Å². The van der Waals surface area contributed by atoms with Gasteiger partial charge in [0.2, 0.25) is 0 Å². The Labute approximate surface area is 428 Å². The molecule has 0 aliphatic carbocycles. The Morgan fingerprint density at radius 1 is 0.414 bits per heavy atom. The highest BCUT2D eigenvalue weighted by Gasteiger charge is 2.44. The van der Waals surface area contributed by atoms with Gasteiger partial charge in [0.05, 0.1) is 23.3 Å². The van der Waals surface area contributed by atoms with E-state index in [0.29, 0.717) is 23.7 Å². The van der Waals surface area contributed by atoms with Crippen LogP contribution in [0.5, 0.6) is 0 Å². The van der Waals surface area contributed by atoms with E-state index in [0.717, 1.165) is 25.7 Å². The maximum atomic E-state index is 10.5. The molecule has 0 radical (unpaired) electrons. The predicted molar refractivity (Wildman–Crippen MR) is 307 cm³/mol. The van der Waals surface area contributed by atoms with E-state index >= 15 is 0 Å². The minimum atomic E-state index is -0.345. The molecule has 70 heavy (non-hydrogen) atoms. The summed E-state index contributed by atoms with van der Waals surface area (Å²) in [6, 6.07) is 18.6. The summed E-state index contributed by atoms with van der Waals surface area (Å²) in [5, 5.41) is 28.0. The fourth-order valence-corrected chi connectivity index (χ4v) is 12.2. The smallest absolute Gasteiger partial charge is 0.0832 e. The van der Waals surface area contributed by atoms with Gasteiger partial charge < -0.3 is 30.6 Å². The van der Waals surface area contributed by atoms with Gasteiger partial charge in [-0.3, -0.25) is 0 Å². The minimum absolute atomic E-state index is 0.186. The number of fused-ring (bicyclic) bond motifs is 4. The second-order valence-corrected chi connectivity index (χ2v) is 24.6. The average Bonchev–Trinajstić information content (AvgIpc) is 3.31. The first-order chi connectivity index (χ1) is 32.3. The number of hydrogen-bond acceptors (Lipinski definition) is 6. The van der Waals surface area contributed by atoms with Crippen LogP contribution in [-0.4, -0.2) is 58.7 Å². The molecule has 0 spiro atoms. The molecular formula is C64H100N4O2. The lowest BCUT2D eigenvalue weighted by Crippen LogP contribution is -2.56. The van der Waals surface area contributed by atoms with E-state index in [1.165, 1.54) is 89.5 Å². The largest absolute Gasteiger partial charge is 0.390 e. The molecule has 0 amide bonds. The lowest BCUT2D eigenvalue weighted by molar-refractivity contribution is 0.0724. The number of aliphatic hydroxyl groups is 2. The van der Waals surface area contributed by atoms with Crippen LogP contribution in [0.4, 0.5) is 22.7 Å². The van der Waals surface area contributed by atoms with Gasteiger partial charge in [-0.25, -0.2) is 0 Å². The van der Waals surface area contributed by atoms with Crippen LogP contribution in [0.15, 0.2) is 48.5 Å². The summed E-state index contributed by atoms with van der Waals surface area (Å²) in [6.07, 6.45) is 3.68. The third-order valence-electron chi connectivity index (χ3n) is 19.0. The number of hydrogen-bond donors (Lipinski definition) is 4. The normalized spacial score (nSPS) is 26.1. The van der Waals surface area contributed by atoms with E-state index in [2.05, 4.69) is 235 Å². The zero-order chi connectivity index (χ0) is 52.9. The molecule has 4 aliphatic heterocycles. The van der Waals surface area contributed by atoms with Crippen molar-refractivity contribution in [2.24, 2.45) is 11.8 Å². The molecule has 6 heteroatoms. The molecule has 4 N–H and O–H groups in total. The molecule has 0 saturated heterocycles. The van der Waals surface area contributed by atoms with Gasteiger partial charge in [0.25, 0.3) is 0 Å². The van der Waals surface area contributed by atoms with E-state index in [1.807, 2.05) is 0 Å². The second-order valence-electron chi connectivity index (χ2n) is 24.6. The number of rotatable bonds is 4. The Morgan fingerprint density at radius 3 is 1.14 bits per heavy atom. The highest BCUT2D eigenvalue weighted by Crippen LogP contribution is 2.48. The maximum absolute atomic E-state index is 10.5. The first-order valence-corrected chi connectivity index (χ1v) is 27.3. The Bertz CT molecular complexity index is 2310. The Kier molecular flexibility index (Phi) is 17.3. The van der Waals surface area contributed by atoms with Gasteiger partial charge in [0, 0.05) is 59.8 Å². The Hall–Kier alpha value is -4.00. The number of nitrogens with zero attached hydrogens (tertiary/aromatic N) is 2. The molecule has 4 aromatic rings. The first kappa shape index (κ1) is 56.9. The van der Waals surface area contributed by atoms with Crippen molar-refractivity contribution in [3.63, 3.8) is 0 Å². The molecule has 4 aromatic carbocycles. The van der Waals surface area contributed by atoms with Crippen LogP contribution >= 0.6 is 0 Å². The summed E-state index contributed by atoms with van der Waals surface area (Å²) in [5.41, 5.74) is 22.0. The van der Waals surface area contributed by atoms with Gasteiger partial charge in [-0.05, 0) is 223 Å². The van der Waals surface area contributed by atoms with E-state index in [9.17, 15) is 10.2 Å². The van der Waals surface area contributed by atoms with Crippen molar-refractivity contribution in [3.05, 3.63) is 115 Å². The molecule has 8 unspecified atom stereocenters. The van der Waals surface area contributed by atoms with Gasteiger partial charge in [0.1, 0.15) is 0 Å². The van der Waals surface area contributed by atoms with Crippen LogP contribution in [0.2, 0.25) is 0 Å². The minimum Gasteiger partial charge on any atom is -0.390 e. The number of aryl methyl sites for hydroxylation is 8. The summed E-state index contributed by atoms with van der Waals surface area (Å²) in [6.45, 7) is 49.0. The molecule has 8 atom stereocenters. The standard InChI is InChI=1S/C17H27N.C16H25NO.C16H25N.C15H23NO/c1-8-14-10-16-15(9-11(14)2)12(3)13(4)17(5,6)18(16)7;1-7-12-9-14-13(8-10(12)2)11(3)15(18)16(4,5)17(14)6;1-7-13-9-15-14(8-10(13)2)11(3)12(4)16(5,6)17-15;1-6-11-8-13-12(7-9(11)2)10(3)14(17)15(4,5)16-13/h9-10,12-13H,8H2,1-7H3;8-9,11,15,18H,7H2,1-6H3;8-9,11-12,17H,7H2,1-6H3;7-8,10,14,16-17H,6H2,1-5H3. The van der Waals surface area contributed by atoms with Crippen molar-refractivity contribution >= 4 is 22.7 Å². The first-order valence-electron chi connectivity index (χ1n) is 27.3. The fraction of sp³-hybridized carbons (Fsp3) is 0.625. The van der Waals surface area contributed by atoms with Gasteiger partial charge in [-0.2, -0.15) is 0 Å². The van der Waals surface area contributed by atoms with Crippen molar-refractivity contribution in [3.8, 4) is 0 Å². The van der Waals surface area contributed by atoms with Crippen LogP contribution in [0.3, 0.4) is 0 Å². The number of nitrogens with one attached hydrogen (secondary N) is 2. The second kappa shape index (κ2) is 21.2. The third kappa shape index (κ3) is 10.7. The summed E-state index contributed by atoms with van der Waals surface area (Å²) >= 11 is 0. The molecule has 6 nitrogen and oxygen atoms in total. The third-order valence-corrected chi connectivity index (χ3v) is 19.0. The Morgan fingerprint density at radius 2 is 0.729 bits per heavy atom. The number of anilines is 4. The summed E-state index contributed by atoms with van der Waals surface area (Å²) in [4.78, 5) is 4.71. The van der Waals surface area contributed by atoms with Gasteiger partial charge in [-0.1, -0.05) is 93.5 Å². The zero-order valence-corrected chi connectivity index (χ0v) is 48.9. The molecule has 8 rings (SSSR count). The highest BCUT2D eigenvalue weighted by molar-refractivity contribution is 5.65. The average molecular weight is 958 g/mol. The molecule has 0 aromatic heterocycles. The molecule has 0 saturated carbocycles. The highest BCUT2D eigenvalue weighted by atomic mass is 16.3. The summed E-state index contributed by atoms with van der Waals surface area (Å²) in [5.74, 6) is 2.96. The molecule has 4 heterocycles. The monoisotopic (exact) mass is 957 g/mol. The number of likely N-dealkylation sites (N-methyl/N-ethyl adjacent to an activating group) is 1. The zero-order valence-electron chi connectivity index (χ0n) is 48.9. The van der Waals surface area contributed by atoms with Crippen molar-refractivity contribution in [1.29, 1.82) is 0 Å². The molecule has 0 bridgehead atoms. The molecule has 388 valence electrons. The molecule has 4 aliphatic rings. The van der Waals surface area contributed by atoms with Gasteiger partial charge >= 0.3 is 0 Å². The number of aliphatic hydroxyl groups excluding tert-OH is 2. The van der Waals surface area contributed by atoms with Crippen LogP contribution in [-0.2, 0) is 25.7 Å². The van der Waals surface area contributed by atoms with Crippen molar-refractivity contribution in [2.45, 2.75) is 236 Å². The van der Waals surface area contributed by atoms with E-state index in [4.69, 9.17) is 0 Å². The van der Waals surface area contributed by atoms with Crippen molar-refractivity contribution in [1.82, 2.24) is 0 Å².